The van der Waals surface area contributed by atoms with Crippen molar-refractivity contribution in [1.82, 2.24) is 4.98 Å². The molecule has 0 radical (unpaired) electrons. The van der Waals surface area contributed by atoms with Gasteiger partial charge in [0.15, 0.2) is 5.69 Å². The fourth-order valence-electron chi connectivity index (χ4n) is 0.747. The Morgan fingerprint density at radius 1 is 1.42 bits per heavy atom. The van der Waals surface area contributed by atoms with Gasteiger partial charge in [0.2, 0.25) is 5.88 Å². The quantitative estimate of drug-likeness (QED) is 0.613. The Morgan fingerprint density at radius 3 is 2.75 bits per heavy atom. The van der Waals surface area contributed by atoms with E-state index in [2.05, 4.69) is 9.72 Å². The van der Waals surface area contributed by atoms with Gasteiger partial charge in [-0.2, -0.15) is 0 Å². The van der Waals surface area contributed by atoms with Gasteiger partial charge in [-0.3, -0.25) is 0 Å². The Labute approximate surface area is 70.1 Å². The topological polar surface area (TPSA) is 48.4 Å². The number of esters is 1. The second-order valence-corrected chi connectivity index (χ2v) is 2.06. The predicted molar refractivity (Wildman–Crippen MR) is 42.1 cm³/mol. The van der Waals surface area contributed by atoms with Crippen LogP contribution in [0.1, 0.15) is 10.5 Å². The molecular formula is C8H9NO3. The van der Waals surface area contributed by atoms with Gasteiger partial charge in [-0.05, 0) is 6.07 Å². The molecule has 1 heterocycles. The zero-order valence-corrected chi connectivity index (χ0v) is 6.90. The second kappa shape index (κ2) is 3.71. The molecule has 4 nitrogen and oxygen atoms in total. The van der Waals surface area contributed by atoms with Crippen LogP contribution >= 0.6 is 0 Å². The average Bonchev–Trinajstić information content (AvgIpc) is 2.17. The van der Waals surface area contributed by atoms with Gasteiger partial charge in [0.05, 0.1) is 14.2 Å². The summed E-state index contributed by atoms with van der Waals surface area (Å²) in [6, 6.07) is 4.90. The van der Waals surface area contributed by atoms with E-state index in [4.69, 9.17) is 4.74 Å². The first-order valence-corrected chi connectivity index (χ1v) is 3.37. The van der Waals surface area contributed by atoms with Crippen LogP contribution < -0.4 is 4.74 Å². The zero-order chi connectivity index (χ0) is 8.97. The smallest absolute Gasteiger partial charge is 0.356 e. The van der Waals surface area contributed by atoms with Crippen LogP contribution in [0.25, 0.3) is 0 Å². The number of ether oxygens (including phenoxy) is 2. The summed E-state index contributed by atoms with van der Waals surface area (Å²) in [5.74, 6) is -0.0631. The highest BCUT2D eigenvalue weighted by atomic mass is 16.5. The first-order chi connectivity index (χ1) is 5.77. The van der Waals surface area contributed by atoms with Crippen molar-refractivity contribution in [3.63, 3.8) is 0 Å². The van der Waals surface area contributed by atoms with E-state index < -0.39 is 5.97 Å². The molecule has 0 unspecified atom stereocenters. The minimum absolute atomic E-state index is 0.247. The summed E-state index contributed by atoms with van der Waals surface area (Å²) in [5, 5.41) is 0. The molecule has 0 aromatic carbocycles. The third-order valence-corrected chi connectivity index (χ3v) is 1.33. The van der Waals surface area contributed by atoms with Gasteiger partial charge in [-0.1, -0.05) is 6.07 Å². The number of methoxy groups -OCH3 is 2. The van der Waals surface area contributed by atoms with Crippen molar-refractivity contribution in [1.29, 1.82) is 0 Å². The number of pyridine rings is 1. The number of nitrogens with zero attached hydrogens (tertiary/aromatic N) is 1. The van der Waals surface area contributed by atoms with Gasteiger partial charge in [0.1, 0.15) is 0 Å². The van der Waals surface area contributed by atoms with Crippen LogP contribution in [0.3, 0.4) is 0 Å². The molecule has 0 atom stereocenters. The first kappa shape index (κ1) is 8.52. The van der Waals surface area contributed by atoms with Crippen molar-refractivity contribution in [2.24, 2.45) is 0 Å². The summed E-state index contributed by atoms with van der Waals surface area (Å²) in [7, 11) is 2.80. The summed E-state index contributed by atoms with van der Waals surface area (Å²) in [6.07, 6.45) is 0. The fraction of sp³-hybridized carbons (Fsp3) is 0.250. The lowest BCUT2D eigenvalue weighted by molar-refractivity contribution is 0.0593. The van der Waals surface area contributed by atoms with Crippen molar-refractivity contribution < 1.29 is 14.3 Å². The number of rotatable bonds is 2. The lowest BCUT2D eigenvalue weighted by Gasteiger charge is -2.00. The van der Waals surface area contributed by atoms with Gasteiger partial charge in [-0.25, -0.2) is 9.78 Å². The summed E-state index contributed by atoms with van der Waals surface area (Å²) < 4.78 is 9.31. The monoisotopic (exact) mass is 167 g/mol. The normalized spacial score (nSPS) is 9.17. The van der Waals surface area contributed by atoms with Crippen molar-refractivity contribution in [2.75, 3.05) is 14.2 Å². The molecule has 0 saturated heterocycles. The Bertz CT molecular complexity index is 285. The molecule has 0 bridgehead atoms. The Morgan fingerprint density at radius 2 is 2.17 bits per heavy atom. The summed E-state index contributed by atoms with van der Waals surface area (Å²) in [4.78, 5) is 14.8. The lowest BCUT2D eigenvalue weighted by Crippen LogP contribution is -2.04. The van der Waals surface area contributed by atoms with E-state index >= 15 is 0 Å². The molecule has 0 fully saturated rings. The minimum atomic E-state index is -0.464. The highest BCUT2D eigenvalue weighted by molar-refractivity contribution is 5.87. The highest BCUT2D eigenvalue weighted by Gasteiger charge is 2.06. The average molecular weight is 167 g/mol. The Balaban J connectivity index is 2.93. The van der Waals surface area contributed by atoms with E-state index in [-0.39, 0.29) is 5.69 Å². The predicted octanol–water partition coefficient (Wildman–Crippen LogP) is 0.877. The number of hydrogen-bond acceptors (Lipinski definition) is 4. The molecule has 12 heavy (non-hydrogen) atoms. The maximum absolute atomic E-state index is 10.9. The summed E-state index contributed by atoms with van der Waals surface area (Å²) >= 11 is 0. The van der Waals surface area contributed by atoms with Crippen molar-refractivity contribution in [3.8, 4) is 5.88 Å². The van der Waals surface area contributed by atoms with Gasteiger partial charge in [0.25, 0.3) is 0 Å². The van der Waals surface area contributed by atoms with Crippen LogP contribution in [0, 0.1) is 0 Å². The molecule has 0 aliphatic carbocycles. The molecule has 0 spiro atoms. The number of carbonyl (C=O) groups excluding carboxylic acids is 1. The third kappa shape index (κ3) is 1.72. The molecule has 1 aromatic rings. The van der Waals surface area contributed by atoms with E-state index in [1.807, 2.05) is 0 Å². The van der Waals surface area contributed by atoms with E-state index in [9.17, 15) is 4.79 Å². The molecule has 64 valence electrons. The minimum Gasteiger partial charge on any atom is -0.481 e. The first-order valence-electron chi connectivity index (χ1n) is 3.37. The molecule has 0 aliphatic rings. The molecule has 0 amide bonds. The molecule has 1 rings (SSSR count). The third-order valence-electron chi connectivity index (χ3n) is 1.33. The van der Waals surface area contributed by atoms with Crippen LogP contribution in [0.5, 0.6) is 5.88 Å². The fourth-order valence-corrected chi connectivity index (χ4v) is 0.747. The maximum atomic E-state index is 10.9. The van der Waals surface area contributed by atoms with Crippen molar-refractivity contribution in [3.05, 3.63) is 23.9 Å². The van der Waals surface area contributed by atoms with Crippen molar-refractivity contribution >= 4 is 5.97 Å². The largest absolute Gasteiger partial charge is 0.481 e. The molecule has 4 heteroatoms. The van der Waals surface area contributed by atoms with Crippen LogP contribution in [0.2, 0.25) is 0 Å². The van der Waals surface area contributed by atoms with Crippen LogP contribution in [0.4, 0.5) is 0 Å². The van der Waals surface area contributed by atoms with Gasteiger partial charge in [0, 0.05) is 6.07 Å². The van der Waals surface area contributed by atoms with Crippen LogP contribution in [-0.2, 0) is 4.74 Å². The summed E-state index contributed by atoms with van der Waals surface area (Å²) in [6.45, 7) is 0. The Kier molecular flexibility index (Phi) is 2.63. The number of carbonyl (C=O) groups is 1. The van der Waals surface area contributed by atoms with E-state index in [1.54, 1.807) is 18.2 Å². The molecule has 0 aliphatic heterocycles. The van der Waals surface area contributed by atoms with Gasteiger partial charge < -0.3 is 9.47 Å². The van der Waals surface area contributed by atoms with E-state index in [0.29, 0.717) is 5.88 Å². The van der Waals surface area contributed by atoms with Crippen LogP contribution in [-0.4, -0.2) is 25.2 Å². The number of aromatic nitrogens is 1. The second-order valence-electron chi connectivity index (χ2n) is 2.06. The SMILES string of the molecule is COC(=O)c1cccc(OC)n1. The molecular weight excluding hydrogens is 158 g/mol. The Hall–Kier alpha value is -1.58. The lowest BCUT2D eigenvalue weighted by atomic mass is 10.3. The maximum Gasteiger partial charge on any atom is 0.356 e. The summed E-state index contributed by atoms with van der Waals surface area (Å²) in [5.41, 5.74) is 0.247. The van der Waals surface area contributed by atoms with Gasteiger partial charge >= 0.3 is 5.97 Å². The van der Waals surface area contributed by atoms with E-state index in [1.165, 1.54) is 14.2 Å². The molecule has 0 N–H and O–H groups in total. The number of hydrogen-bond donors (Lipinski definition) is 0. The standard InChI is InChI=1S/C8H9NO3/c1-11-7-5-3-4-6(9-7)8(10)12-2/h3-5H,1-2H3. The zero-order valence-electron chi connectivity index (χ0n) is 6.90. The van der Waals surface area contributed by atoms with Crippen molar-refractivity contribution in [2.45, 2.75) is 0 Å². The molecule has 0 saturated carbocycles. The van der Waals surface area contributed by atoms with Crippen LogP contribution in [0.15, 0.2) is 18.2 Å². The molecule has 1 aromatic heterocycles. The highest BCUT2D eigenvalue weighted by Crippen LogP contribution is 2.06. The van der Waals surface area contributed by atoms with E-state index in [0.717, 1.165) is 0 Å². The van der Waals surface area contributed by atoms with Gasteiger partial charge in [-0.15, -0.1) is 0 Å².